The van der Waals surface area contributed by atoms with E-state index < -0.39 is 12.0 Å². The lowest BCUT2D eigenvalue weighted by molar-refractivity contribution is -0.145. The Morgan fingerprint density at radius 1 is 1.05 bits per heavy atom. The molecular weight excluding hydrogens is 480 g/mol. The molecule has 2 aromatic carbocycles. The van der Waals surface area contributed by atoms with Gasteiger partial charge in [0.05, 0.1) is 24.6 Å². The van der Waals surface area contributed by atoms with Gasteiger partial charge in [-0.2, -0.15) is 0 Å². The molecule has 0 saturated carbocycles. The van der Waals surface area contributed by atoms with Gasteiger partial charge < -0.3 is 20.1 Å². The van der Waals surface area contributed by atoms with Gasteiger partial charge >= 0.3 is 5.97 Å². The summed E-state index contributed by atoms with van der Waals surface area (Å²) in [6.07, 6.45) is 5.92. The van der Waals surface area contributed by atoms with E-state index in [9.17, 15) is 19.5 Å². The molecule has 38 heavy (non-hydrogen) atoms. The van der Waals surface area contributed by atoms with Crippen LogP contribution in [0.1, 0.15) is 54.8 Å². The Kier molecular flexibility index (Phi) is 11.3. The Hall–Kier alpha value is -3.71. The van der Waals surface area contributed by atoms with Crippen LogP contribution in [0.2, 0.25) is 0 Å². The standard InChI is InChI=1S/C31H38N2O5/c1-3-5-7-17-30(36)38-22-28(23-13-8-6-9-14-23)32-31(37)25(12-4-2)19-29(35)33-20-26-16-11-10-15-24(26)18-27(33)21-34/h3-4,6,8-11,13-16,25,27-28,34H,1-2,5,7,12,17-22H2,(H,32,37)/t25-,27+,28-/m1/s1. The molecule has 0 radical (unpaired) electrons. The van der Waals surface area contributed by atoms with Gasteiger partial charge in [-0.3, -0.25) is 14.4 Å². The largest absolute Gasteiger partial charge is 0.463 e. The van der Waals surface area contributed by atoms with E-state index in [-0.39, 0.29) is 49.9 Å². The second kappa shape index (κ2) is 14.9. The van der Waals surface area contributed by atoms with Crippen molar-refractivity contribution >= 4 is 17.8 Å². The van der Waals surface area contributed by atoms with Gasteiger partial charge in [-0.25, -0.2) is 0 Å². The van der Waals surface area contributed by atoms with Gasteiger partial charge in [0.25, 0.3) is 0 Å². The van der Waals surface area contributed by atoms with Crippen molar-refractivity contribution in [3.8, 4) is 0 Å². The summed E-state index contributed by atoms with van der Waals surface area (Å²) in [4.78, 5) is 40.7. The molecule has 3 rings (SSSR count). The molecule has 0 bridgehead atoms. The SMILES string of the molecule is C=CCCCC(=O)OC[C@@H](NC(=O)[C@H](CC=C)CC(=O)N1Cc2ccccc2C[C@H]1CO)c1ccccc1. The zero-order chi connectivity index (χ0) is 27.3. The average molecular weight is 519 g/mol. The summed E-state index contributed by atoms with van der Waals surface area (Å²) in [5.41, 5.74) is 2.98. The summed E-state index contributed by atoms with van der Waals surface area (Å²) in [5, 5.41) is 13.0. The van der Waals surface area contributed by atoms with E-state index in [1.807, 2.05) is 54.6 Å². The highest BCUT2D eigenvalue weighted by Crippen LogP contribution is 2.26. The quantitative estimate of drug-likeness (QED) is 0.221. The fraction of sp³-hybridized carbons (Fsp3) is 0.387. The number of hydrogen-bond donors (Lipinski definition) is 2. The molecule has 0 aliphatic carbocycles. The molecule has 2 amide bonds. The minimum absolute atomic E-state index is 0.00702. The topological polar surface area (TPSA) is 95.9 Å². The molecule has 0 aromatic heterocycles. The predicted molar refractivity (Wildman–Crippen MR) is 147 cm³/mol. The number of rotatable bonds is 14. The maximum atomic E-state index is 13.4. The van der Waals surface area contributed by atoms with Gasteiger partial charge in [-0.1, -0.05) is 66.7 Å². The molecule has 0 unspecified atom stereocenters. The average Bonchev–Trinajstić information content (AvgIpc) is 2.94. The zero-order valence-corrected chi connectivity index (χ0v) is 21.9. The van der Waals surface area contributed by atoms with Gasteiger partial charge in [0, 0.05) is 19.4 Å². The second-order valence-electron chi connectivity index (χ2n) is 9.59. The number of ether oxygens (including phenoxy) is 1. The molecule has 7 heteroatoms. The number of carbonyl (C=O) groups excluding carboxylic acids is 3. The van der Waals surface area contributed by atoms with Gasteiger partial charge in [-0.15, -0.1) is 13.2 Å². The normalized spacial score (nSPS) is 16.0. The molecule has 0 saturated heterocycles. The summed E-state index contributed by atoms with van der Waals surface area (Å²) in [5.74, 6) is -1.48. The third-order valence-corrected chi connectivity index (χ3v) is 6.85. The van der Waals surface area contributed by atoms with E-state index in [4.69, 9.17) is 4.74 Å². The first kappa shape index (κ1) is 28.9. The van der Waals surface area contributed by atoms with Crippen molar-refractivity contribution in [2.45, 2.75) is 57.2 Å². The number of amides is 2. The highest BCUT2D eigenvalue weighted by atomic mass is 16.5. The molecule has 1 aliphatic rings. The number of fused-ring (bicyclic) bond motifs is 1. The summed E-state index contributed by atoms with van der Waals surface area (Å²) in [6, 6.07) is 16.3. The van der Waals surface area contributed by atoms with Gasteiger partial charge in [0.2, 0.25) is 11.8 Å². The maximum absolute atomic E-state index is 13.4. The summed E-state index contributed by atoms with van der Waals surface area (Å²) < 4.78 is 5.47. The first-order chi connectivity index (χ1) is 18.5. The van der Waals surface area contributed by atoms with Crippen molar-refractivity contribution in [1.82, 2.24) is 10.2 Å². The van der Waals surface area contributed by atoms with Crippen molar-refractivity contribution < 1.29 is 24.2 Å². The number of hydrogen-bond acceptors (Lipinski definition) is 5. The van der Waals surface area contributed by atoms with Crippen LogP contribution in [-0.2, 0) is 32.1 Å². The summed E-state index contributed by atoms with van der Waals surface area (Å²) in [6.45, 7) is 7.68. The van der Waals surface area contributed by atoms with E-state index in [1.165, 1.54) is 0 Å². The number of benzene rings is 2. The molecule has 7 nitrogen and oxygen atoms in total. The number of nitrogens with zero attached hydrogens (tertiary/aromatic N) is 1. The number of unbranched alkanes of at least 4 members (excludes halogenated alkanes) is 1. The third-order valence-electron chi connectivity index (χ3n) is 6.85. The lowest BCUT2D eigenvalue weighted by atomic mass is 9.92. The Morgan fingerprint density at radius 3 is 2.45 bits per heavy atom. The van der Waals surface area contributed by atoms with E-state index in [0.29, 0.717) is 25.8 Å². The first-order valence-corrected chi connectivity index (χ1v) is 13.2. The monoisotopic (exact) mass is 518 g/mol. The number of aliphatic hydroxyl groups excluding tert-OH is 1. The van der Waals surface area contributed by atoms with E-state index in [2.05, 4.69) is 18.5 Å². The van der Waals surface area contributed by atoms with Crippen molar-refractivity contribution in [3.05, 3.63) is 96.6 Å². The molecule has 2 aromatic rings. The Morgan fingerprint density at radius 2 is 1.76 bits per heavy atom. The Balaban J connectivity index is 1.69. The van der Waals surface area contributed by atoms with Crippen LogP contribution in [0.3, 0.4) is 0 Å². The van der Waals surface area contributed by atoms with Crippen LogP contribution in [-0.4, -0.2) is 47.0 Å². The van der Waals surface area contributed by atoms with E-state index >= 15 is 0 Å². The Bertz CT molecular complexity index is 1100. The number of nitrogens with one attached hydrogen (secondary N) is 1. The van der Waals surface area contributed by atoms with Crippen LogP contribution in [0, 0.1) is 5.92 Å². The molecule has 2 N–H and O–H groups in total. The van der Waals surface area contributed by atoms with Crippen LogP contribution in [0.15, 0.2) is 79.9 Å². The second-order valence-corrected chi connectivity index (χ2v) is 9.59. The number of esters is 1. The van der Waals surface area contributed by atoms with Crippen LogP contribution < -0.4 is 5.32 Å². The predicted octanol–water partition coefficient (Wildman–Crippen LogP) is 4.27. The highest BCUT2D eigenvalue weighted by molar-refractivity contribution is 5.86. The molecular formula is C31H38N2O5. The minimum Gasteiger partial charge on any atom is -0.463 e. The van der Waals surface area contributed by atoms with Crippen LogP contribution in [0.5, 0.6) is 0 Å². The summed E-state index contributed by atoms with van der Waals surface area (Å²) in [7, 11) is 0. The van der Waals surface area contributed by atoms with Crippen LogP contribution in [0.4, 0.5) is 0 Å². The molecule has 3 atom stereocenters. The third kappa shape index (κ3) is 8.15. The highest BCUT2D eigenvalue weighted by Gasteiger charge is 2.32. The zero-order valence-electron chi connectivity index (χ0n) is 21.9. The maximum Gasteiger partial charge on any atom is 0.305 e. The van der Waals surface area contributed by atoms with Crippen molar-refractivity contribution in [3.63, 3.8) is 0 Å². The van der Waals surface area contributed by atoms with Gasteiger partial charge in [0.1, 0.15) is 6.61 Å². The molecule has 1 heterocycles. The molecule has 1 aliphatic heterocycles. The number of allylic oxidation sites excluding steroid dienone is 2. The smallest absolute Gasteiger partial charge is 0.305 e. The minimum atomic E-state index is -0.647. The van der Waals surface area contributed by atoms with Crippen molar-refractivity contribution in [2.75, 3.05) is 13.2 Å². The molecule has 0 spiro atoms. The van der Waals surface area contributed by atoms with Gasteiger partial charge in [0.15, 0.2) is 0 Å². The van der Waals surface area contributed by atoms with Crippen molar-refractivity contribution in [2.24, 2.45) is 5.92 Å². The van der Waals surface area contributed by atoms with Crippen LogP contribution in [0.25, 0.3) is 0 Å². The Labute approximate surface area is 225 Å². The first-order valence-electron chi connectivity index (χ1n) is 13.2. The lowest BCUT2D eigenvalue weighted by Gasteiger charge is -2.36. The number of aliphatic hydroxyl groups is 1. The molecule has 0 fully saturated rings. The summed E-state index contributed by atoms with van der Waals surface area (Å²) >= 11 is 0. The molecule has 202 valence electrons. The number of carbonyl (C=O) groups is 3. The van der Waals surface area contributed by atoms with E-state index in [1.54, 1.807) is 17.1 Å². The van der Waals surface area contributed by atoms with Crippen molar-refractivity contribution in [1.29, 1.82) is 0 Å². The van der Waals surface area contributed by atoms with Gasteiger partial charge in [-0.05, 0) is 42.4 Å². The fourth-order valence-electron chi connectivity index (χ4n) is 4.69. The fourth-order valence-corrected chi connectivity index (χ4v) is 4.69. The lowest BCUT2D eigenvalue weighted by Crippen LogP contribution is -2.47. The van der Waals surface area contributed by atoms with Crippen LogP contribution >= 0.6 is 0 Å². The van der Waals surface area contributed by atoms with E-state index in [0.717, 1.165) is 23.1 Å².